The van der Waals surface area contributed by atoms with E-state index >= 15 is 0 Å². The van der Waals surface area contributed by atoms with Crippen LogP contribution >= 0.6 is 0 Å². The maximum Gasteiger partial charge on any atom is 0.0713 e. The number of benzene rings is 1. The van der Waals surface area contributed by atoms with Crippen molar-refractivity contribution in [1.82, 2.24) is 0 Å². The Labute approximate surface area is 105 Å². The van der Waals surface area contributed by atoms with E-state index in [0.717, 1.165) is 19.3 Å². The van der Waals surface area contributed by atoms with E-state index in [1.54, 1.807) is 0 Å². The molecule has 1 N–H and O–H groups in total. The molecule has 0 radical (unpaired) electrons. The fourth-order valence-electron chi connectivity index (χ4n) is 2.77. The Bertz CT molecular complexity index is 416. The highest BCUT2D eigenvalue weighted by atomic mass is 16.3. The fraction of sp³-hybridized carbons (Fsp3) is 0.625. The lowest BCUT2D eigenvalue weighted by Crippen LogP contribution is -2.37. The highest BCUT2D eigenvalue weighted by Crippen LogP contribution is 2.54. The van der Waals surface area contributed by atoms with Crippen molar-refractivity contribution < 1.29 is 5.11 Å². The summed E-state index contributed by atoms with van der Waals surface area (Å²) >= 11 is 0. The molecule has 1 heteroatoms. The molecule has 1 aromatic rings. The molecule has 2 rings (SSSR count). The van der Waals surface area contributed by atoms with E-state index in [0.29, 0.717) is 0 Å². The van der Waals surface area contributed by atoms with Crippen molar-refractivity contribution in [2.75, 3.05) is 0 Å². The minimum atomic E-state index is -0.572. The van der Waals surface area contributed by atoms with Gasteiger partial charge in [0.1, 0.15) is 0 Å². The van der Waals surface area contributed by atoms with Gasteiger partial charge in [-0.25, -0.2) is 0 Å². The summed E-state index contributed by atoms with van der Waals surface area (Å²) in [5, 5.41) is 10.7. The standard InChI is InChI=1S/C16H24O/c1-11-8-12(2)14(13(3)9-11)10-16(5,17)15(4)6-7-15/h8-9,17H,6-7,10H2,1-5H3. The lowest BCUT2D eigenvalue weighted by Gasteiger charge is -2.32. The normalized spacial score (nSPS) is 21.1. The Morgan fingerprint density at radius 2 is 1.65 bits per heavy atom. The molecular formula is C16H24O. The molecular weight excluding hydrogens is 208 g/mol. The Morgan fingerprint density at radius 1 is 1.18 bits per heavy atom. The van der Waals surface area contributed by atoms with Gasteiger partial charge in [-0.05, 0) is 62.6 Å². The van der Waals surface area contributed by atoms with Gasteiger partial charge >= 0.3 is 0 Å². The molecule has 1 unspecified atom stereocenters. The second-order valence-electron chi connectivity index (χ2n) is 6.39. The summed E-state index contributed by atoms with van der Waals surface area (Å²) in [6.45, 7) is 10.6. The molecule has 0 spiro atoms. The summed E-state index contributed by atoms with van der Waals surface area (Å²) in [6, 6.07) is 4.43. The van der Waals surface area contributed by atoms with Crippen LogP contribution in [0.25, 0.3) is 0 Å². The van der Waals surface area contributed by atoms with Crippen LogP contribution in [0.1, 0.15) is 48.9 Å². The van der Waals surface area contributed by atoms with Gasteiger partial charge in [-0.1, -0.05) is 24.6 Å². The summed E-state index contributed by atoms with van der Waals surface area (Å²) in [6.07, 6.45) is 3.09. The van der Waals surface area contributed by atoms with Crippen molar-refractivity contribution in [3.8, 4) is 0 Å². The van der Waals surface area contributed by atoms with Gasteiger partial charge in [0.05, 0.1) is 5.60 Å². The third-order valence-electron chi connectivity index (χ3n) is 4.66. The van der Waals surface area contributed by atoms with Crippen molar-refractivity contribution in [3.05, 3.63) is 34.4 Å². The van der Waals surface area contributed by atoms with Gasteiger partial charge in [-0.15, -0.1) is 0 Å². The Morgan fingerprint density at radius 3 is 2.06 bits per heavy atom. The largest absolute Gasteiger partial charge is 0.389 e. The molecule has 1 atom stereocenters. The molecule has 1 fully saturated rings. The van der Waals surface area contributed by atoms with E-state index in [1.807, 2.05) is 6.92 Å². The van der Waals surface area contributed by atoms with E-state index in [1.165, 1.54) is 22.3 Å². The van der Waals surface area contributed by atoms with Crippen LogP contribution in [0.5, 0.6) is 0 Å². The minimum absolute atomic E-state index is 0.136. The first-order chi connectivity index (χ1) is 7.75. The van der Waals surface area contributed by atoms with E-state index in [2.05, 4.69) is 39.8 Å². The van der Waals surface area contributed by atoms with Crippen LogP contribution in [-0.2, 0) is 6.42 Å². The molecule has 0 bridgehead atoms. The summed E-state index contributed by atoms with van der Waals surface area (Å²) in [5.41, 5.74) is 4.82. The second kappa shape index (κ2) is 3.84. The van der Waals surface area contributed by atoms with Crippen LogP contribution in [0.4, 0.5) is 0 Å². The number of hydrogen-bond acceptors (Lipinski definition) is 1. The van der Waals surface area contributed by atoms with Crippen molar-refractivity contribution in [2.45, 2.75) is 59.5 Å². The Kier molecular flexibility index (Phi) is 2.86. The molecule has 0 amide bonds. The summed E-state index contributed by atoms with van der Waals surface area (Å²) < 4.78 is 0. The number of hydrogen-bond donors (Lipinski definition) is 1. The maximum absolute atomic E-state index is 10.7. The highest BCUT2D eigenvalue weighted by molar-refractivity contribution is 5.38. The lowest BCUT2D eigenvalue weighted by molar-refractivity contribution is -0.00727. The first-order valence-corrected chi connectivity index (χ1v) is 6.54. The molecule has 0 heterocycles. The van der Waals surface area contributed by atoms with Crippen LogP contribution in [0, 0.1) is 26.2 Å². The predicted octanol–water partition coefficient (Wildman–Crippen LogP) is 3.71. The monoisotopic (exact) mass is 232 g/mol. The van der Waals surface area contributed by atoms with Gasteiger partial charge in [0.15, 0.2) is 0 Å². The van der Waals surface area contributed by atoms with Crippen LogP contribution in [0.15, 0.2) is 12.1 Å². The first kappa shape index (κ1) is 12.6. The number of aliphatic hydroxyl groups is 1. The molecule has 1 aliphatic rings. The Hall–Kier alpha value is -0.820. The topological polar surface area (TPSA) is 20.2 Å². The summed E-state index contributed by atoms with van der Waals surface area (Å²) in [7, 11) is 0. The smallest absolute Gasteiger partial charge is 0.0713 e. The molecule has 1 nitrogen and oxygen atoms in total. The van der Waals surface area contributed by atoms with Gasteiger partial charge < -0.3 is 5.11 Å². The maximum atomic E-state index is 10.7. The molecule has 0 aromatic heterocycles. The second-order valence-corrected chi connectivity index (χ2v) is 6.39. The molecule has 1 aliphatic carbocycles. The molecule has 94 valence electrons. The minimum Gasteiger partial charge on any atom is -0.389 e. The molecule has 1 saturated carbocycles. The zero-order valence-electron chi connectivity index (χ0n) is 11.7. The van der Waals surface area contributed by atoms with Crippen LogP contribution < -0.4 is 0 Å². The van der Waals surface area contributed by atoms with E-state index in [-0.39, 0.29) is 5.41 Å². The molecule has 17 heavy (non-hydrogen) atoms. The van der Waals surface area contributed by atoms with Crippen molar-refractivity contribution >= 4 is 0 Å². The summed E-state index contributed by atoms with van der Waals surface area (Å²) in [5.74, 6) is 0. The SMILES string of the molecule is Cc1cc(C)c(CC(C)(O)C2(C)CC2)c(C)c1. The fourth-order valence-corrected chi connectivity index (χ4v) is 2.77. The predicted molar refractivity (Wildman–Crippen MR) is 72.3 cm³/mol. The third kappa shape index (κ3) is 2.26. The lowest BCUT2D eigenvalue weighted by atomic mass is 9.80. The highest BCUT2D eigenvalue weighted by Gasteiger charge is 2.52. The Balaban J connectivity index is 2.30. The quantitative estimate of drug-likeness (QED) is 0.842. The van der Waals surface area contributed by atoms with E-state index in [4.69, 9.17) is 0 Å². The van der Waals surface area contributed by atoms with Crippen molar-refractivity contribution in [1.29, 1.82) is 0 Å². The van der Waals surface area contributed by atoms with Gasteiger partial charge in [-0.3, -0.25) is 0 Å². The third-order valence-corrected chi connectivity index (χ3v) is 4.66. The molecule has 1 aromatic carbocycles. The van der Waals surface area contributed by atoms with Gasteiger partial charge in [0, 0.05) is 6.42 Å². The molecule has 0 aliphatic heterocycles. The average Bonchev–Trinajstić information content (AvgIpc) is 2.92. The van der Waals surface area contributed by atoms with Crippen LogP contribution in [0.2, 0.25) is 0 Å². The van der Waals surface area contributed by atoms with Crippen molar-refractivity contribution in [3.63, 3.8) is 0 Å². The van der Waals surface area contributed by atoms with E-state index < -0.39 is 5.60 Å². The average molecular weight is 232 g/mol. The first-order valence-electron chi connectivity index (χ1n) is 6.54. The number of rotatable bonds is 3. The van der Waals surface area contributed by atoms with Gasteiger partial charge in [-0.2, -0.15) is 0 Å². The van der Waals surface area contributed by atoms with Crippen LogP contribution in [0.3, 0.4) is 0 Å². The van der Waals surface area contributed by atoms with Crippen LogP contribution in [-0.4, -0.2) is 10.7 Å². The van der Waals surface area contributed by atoms with Crippen molar-refractivity contribution in [2.24, 2.45) is 5.41 Å². The zero-order chi connectivity index (χ0) is 12.8. The van der Waals surface area contributed by atoms with Gasteiger partial charge in [0.25, 0.3) is 0 Å². The number of aryl methyl sites for hydroxylation is 3. The molecule has 0 saturated heterocycles. The van der Waals surface area contributed by atoms with E-state index in [9.17, 15) is 5.11 Å². The van der Waals surface area contributed by atoms with Gasteiger partial charge in [0.2, 0.25) is 0 Å². The summed E-state index contributed by atoms with van der Waals surface area (Å²) in [4.78, 5) is 0. The zero-order valence-corrected chi connectivity index (χ0v) is 11.7.